The third-order valence-electron chi connectivity index (χ3n) is 4.37. The monoisotopic (exact) mass is 402 g/mol. The van der Waals surface area contributed by atoms with E-state index in [1.54, 1.807) is 0 Å². The van der Waals surface area contributed by atoms with Crippen LogP contribution in [0.25, 0.3) is 0 Å². The van der Waals surface area contributed by atoms with E-state index in [0.29, 0.717) is 32.6 Å². The van der Waals surface area contributed by atoms with Gasteiger partial charge in [0.1, 0.15) is 0 Å². The van der Waals surface area contributed by atoms with E-state index in [-0.39, 0.29) is 13.0 Å². The molecule has 0 fully saturated rings. The molecule has 1 unspecified atom stereocenters. The molecule has 0 saturated heterocycles. The molecule has 0 aliphatic heterocycles. The Kier molecular flexibility index (Phi) is 18.1. The van der Waals surface area contributed by atoms with E-state index in [2.05, 4.69) is 9.47 Å². The molecule has 0 radical (unpaired) electrons. The first-order valence-electron chi connectivity index (χ1n) is 10.1. The van der Waals surface area contributed by atoms with Crippen LogP contribution >= 0.6 is 0 Å². The molecule has 28 heavy (non-hydrogen) atoms. The molecule has 8 nitrogen and oxygen atoms in total. The number of hydrogen-bond donors (Lipinski definition) is 1. The molecule has 8 heteroatoms. The summed E-state index contributed by atoms with van der Waals surface area (Å²) in [6.07, 6.45) is 9.93. The van der Waals surface area contributed by atoms with Crippen LogP contribution in [0, 0.1) is 5.92 Å². The molecule has 1 atom stereocenters. The molecule has 0 aliphatic rings. The summed E-state index contributed by atoms with van der Waals surface area (Å²) in [6.45, 7) is 1.95. The van der Waals surface area contributed by atoms with Crippen molar-refractivity contribution in [1.82, 2.24) is 0 Å². The Morgan fingerprint density at radius 3 is 1.57 bits per heavy atom. The largest absolute Gasteiger partial charge is 0.481 e. The summed E-state index contributed by atoms with van der Waals surface area (Å²) in [5, 5.41) is 9.21. The fraction of sp³-hybridized carbons (Fsp3) is 0.800. The maximum Gasteiger partial charge on any atom is 0.320 e. The lowest BCUT2D eigenvalue weighted by Gasteiger charge is -2.12. The van der Waals surface area contributed by atoms with Crippen molar-refractivity contribution in [3.8, 4) is 0 Å². The van der Waals surface area contributed by atoms with Gasteiger partial charge in [-0.25, -0.2) is 0 Å². The third kappa shape index (κ3) is 16.1. The Bertz CT molecular complexity index is 424. The van der Waals surface area contributed by atoms with Gasteiger partial charge in [0.15, 0.2) is 5.92 Å². The van der Waals surface area contributed by atoms with Gasteiger partial charge in [0.25, 0.3) is 12.9 Å². The van der Waals surface area contributed by atoms with E-state index >= 15 is 0 Å². The molecule has 162 valence electrons. The number of carboxylic acid groups (broad SMARTS) is 1. The number of carbonyl (C=O) groups excluding carboxylic acids is 3. The smallest absolute Gasteiger partial charge is 0.320 e. The minimum Gasteiger partial charge on any atom is -0.481 e. The summed E-state index contributed by atoms with van der Waals surface area (Å²) < 4.78 is 14.3. The van der Waals surface area contributed by atoms with Crippen molar-refractivity contribution in [3.63, 3.8) is 0 Å². The number of aliphatic carboxylic acids is 1. The Hall–Kier alpha value is -2.12. The van der Waals surface area contributed by atoms with Crippen molar-refractivity contribution in [3.05, 3.63) is 0 Å². The first kappa shape index (κ1) is 25.9. The normalized spacial score (nSPS) is 11.4. The van der Waals surface area contributed by atoms with Gasteiger partial charge in [-0.1, -0.05) is 51.4 Å². The molecule has 0 amide bonds. The van der Waals surface area contributed by atoms with Crippen molar-refractivity contribution in [1.29, 1.82) is 0 Å². The van der Waals surface area contributed by atoms with E-state index in [1.807, 2.05) is 0 Å². The molecule has 0 aromatic carbocycles. The van der Waals surface area contributed by atoms with Crippen LogP contribution in [0.5, 0.6) is 0 Å². The van der Waals surface area contributed by atoms with Crippen molar-refractivity contribution in [2.45, 2.75) is 77.0 Å². The second-order valence-corrected chi connectivity index (χ2v) is 6.67. The molecule has 0 bridgehead atoms. The molecule has 0 heterocycles. The molecule has 0 aromatic rings. The van der Waals surface area contributed by atoms with E-state index in [9.17, 15) is 24.3 Å². The van der Waals surface area contributed by atoms with Crippen LogP contribution in [-0.4, -0.2) is 49.8 Å². The standard InChI is InChI=1S/C20H34O8/c21-16-26-13-9-5-2-1-3-6-11-15-28-20(25)18(19(23)24)12-8-4-7-10-14-27-17-22/h16-18H,1-15H2,(H,23,24). The van der Waals surface area contributed by atoms with E-state index < -0.39 is 17.9 Å². The Morgan fingerprint density at radius 1 is 0.679 bits per heavy atom. The van der Waals surface area contributed by atoms with Crippen LogP contribution in [-0.2, 0) is 33.4 Å². The van der Waals surface area contributed by atoms with Crippen molar-refractivity contribution in [2.75, 3.05) is 19.8 Å². The first-order valence-corrected chi connectivity index (χ1v) is 10.1. The lowest BCUT2D eigenvalue weighted by atomic mass is 10.0. The van der Waals surface area contributed by atoms with Gasteiger partial charge in [-0.2, -0.15) is 0 Å². The second-order valence-electron chi connectivity index (χ2n) is 6.67. The zero-order valence-corrected chi connectivity index (χ0v) is 16.6. The minimum absolute atomic E-state index is 0.249. The summed E-state index contributed by atoms with van der Waals surface area (Å²) in [7, 11) is 0. The average Bonchev–Trinajstić information content (AvgIpc) is 2.67. The summed E-state index contributed by atoms with van der Waals surface area (Å²) in [4.78, 5) is 43.2. The summed E-state index contributed by atoms with van der Waals surface area (Å²) >= 11 is 0. The highest BCUT2D eigenvalue weighted by atomic mass is 16.5. The van der Waals surface area contributed by atoms with Crippen molar-refractivity contribution < 1.29 is 38.5 Å². The Morgan fingerprint density at radius 2 is 1.11 bits per heavy atom. The summed E-state index contributed by atoms with van der Waals surface area (Å²) in [5.74, 6) is -2.92. The maximum absolute atomic E-state index is 12.0. The molecule has 0 aliphatic carbocycles. The molecule has 1 N–H and O–H groups in total. The van der Waals surface area contributed by atoms with Crippen LogP contribution in [0.1, 0.15) is 77.0 Å². The van der Waals surface area contributed by atoms with Gasteiger partial charge < -0.3 is 19.3 Å². The van der Waals surface area contributed by atoms with Crippen LogP contribution in [0.3, 0.4) is 0 Å². The summed E-state index contributed by atoms with van der Waals surface area (Å²) in [5.41, 5.74) is 0. The molecule has 0 aromatic heterocycles. The van der Waals surface area contributed by atoms with Crippen LogP contribution < -0.4 is 0 Å². The highest BCUT2D eigenvalue weighted by Gasteiger charge is 2.27. The second kappa shape index (κ2) is 19.6. The zero-order valence-electron chi connectivity index (χ0n) is 16.6. The number of hydrogen-bond acceptors (Lipinski definition) is 7. The molecule has 0 spiro atoms. The quantitative estimate of drug-likeness (QED) is 0.102. The topological polar surface area (TPSA) is 116 Å². The average molecular weight is 402 g/mol. The molecular weight excluding hydrogens is 368 g/mol. The fourth-order valence-corrected chi connectivity index (χ4v) is 2.77. The highest BCUT2D eigenvalue weighted by Crippen LogP contribution is 2.14. The Balaban J connectivity index is 3.66. The lowest BCUT2D eigenvalue weighted by molar-refractivity contribution is -0.159. The number of carbonyl (C=O) groups is 4. The predicted octanol–water partition coefficient (Wildman–Crippen LogP) is 3.26. The van der Waals surface area contributed by atoms with E-state index in [4.69, 9.17) is 4.74 Å². The fourth-order valence-electron chi connectivity index (χ4n) is 2.77. The maximum atomic E-state index is 12.0. The zero-order chi connectivity index (χ0) is 20.9. The minimum atomic E-state index is -1.15. The van der Waals surface area contributed by atoms with Crippen LogP contribution in [0.2, 0.25) is 0 Å². The number of carboxylic acids is 1. The number of esters is 1. The Labute approximate surface area is 166 Å². The summed E-state index contributed by atoms with van der Waals surface area (Å²) in [6, 6.07) is 0. The number of unbranched alkanes of at least 4 members (excludes halogenated alkanes) is 9. The SMILES string of the molecule is O=COCCCCCCCCCOC(=O)C(CCCCCCOC=O)C(=O)O. The van der Waals surface area contributed by atoms with Crippen LogP contribution in [0.4, 0.5) is 0 Å². The van der Waals surface area contributed by atoms with Gasteiger partial charge in [-0.3, -0.25) is 19.2 Å². The molecular formula is C20H34O8. The van der Waals surface area contributed by atoms with E-state index in [0.717, 1.165) is 64.2 Å². The van der Waals surface area contributed by atoms with Gasteiger partial charge in [-0.05, 0) is 25.7 Å². The number of rotatable bonds is 21. The third-order valence-corrected chi connectivity index (χ3v) is 4.37. The van der Waals surface area contributed by atoms with Gasteiger partial charge in [0, 0.05) is 0 Å². The van der Waals surface area contributed by atoms with Gasteiger partial charge >= 0.3 is 11.9 Å². The predicted molar refractivity (Wildman–Crippen MR) is 102 cm³/mol. The molecule has 0 saturated carbocycles. The highest BCUT2D eigenvalue weighted by molar-refractivity contribution is 5.93. The number of ether oxygens (including phenoxy) is 3. The first-order chi connectivity index (χ1) is 13.6. The van der Waals surface area contributed by atoms with E-state index in [1.165, 1.54) is 0 Å². The van der Waals surface area contributed by atoms with Gasteiger partial charge in [0.2, 0.25) is 0 Å². The van der Waals surface area contributed by atoms with Gasteiger partial charge in [0.05, 0.1) is 19.8 Å². The van der Waals surface area contributed by atoms with Crippen molar-refractivity contribution >= 4 is 24.9 Å². The molecule has 0 rings (SSSR count). The lowest BCUT2D eigenvalue weighted by Crippen LogP contribution is -2.26. The van der Waals surface area contributed by atoms with Crippen LogP contribution in [0.15, 0.2) is 0 Å². The van der Waals surface area contributed by atoms with Crippen molar-refractivity contribution in [2.24, 2.45) is 5.92 Å². The van der Waals surface area contributed by atoms with Gasteiger partial charge in [-0.15, -0.1) is 0 Å².